The van der Waals surface area contributed by atoms with Crippen LogP contribution in [0.15, 0.2) is 109 Å². The Kier molecular flexibility index (Phi) is 15.0. The Morgan fingerprint density at radius 1 is 0.500 bits per heavy atom. The third-order valence-electron chi connectivity index (χ3n) is 17.2. The van der Waals surface area contributed by atoms with Gasteiger partial charge in [-0.3, -0.25) is 0 Å². The van der Waals surface area contributed by atoms with E-state index in [0.29, 0.717) is 10.8 Å². The van der Waals surface area contributed by atoms with Gasteiger partial charge in [0.1, 0.15) is 0 Å². The molecule has 346 valence electrons. The number of hydrogen-bond acceptors (Lipinski definition) is 0. The molecular weight excluding hydrogens is 967 g/mol. The number of rotatable bonds is 8. The monoisotopic (exact) mass is 1040 g/mol. The molecule has 66 heavy (non-hydrogen) atoms. The first-order valence-corrected chi connectivity index (χ1v) is 41.0. The first-order valence-electron chi connectivity index (χ1n) is 25.7. The van der Waals surface area contributed by atoms with E-state index in [2.05, 4.69) is 162 Å². The topological polar surface area (TPSA) is 0 Å². The molecule has 8 fully saturated rings. The minimum absolute atomic E-state index is 0.623. The summed E-state index contributed by atoms with van der Waals surface area (Å²) >= 11 is -0.826. The van der Waals surface area contributed by atoms with E-state index >= 15 is 0 Å². The molecule has 6 aromatic rings. The summed E-state index contributed by atoms with van der Waals surface area (Å²) in [6.07, 6.45) is 20.9. The van der Waals surface area contributed by atoms with E-state index in [1.54, 1.807) is 60.0 Å². The van der Waals surface area contributed by atoms with Crippen LogP contribution in [0.3, 0.4) is 0 Å². The molecule has 0 saturated heterocycles. The first kappa shape index (κ1) is 49.2. The van der Waals surface area contributed by atoms with E-state index in [1.807, 2.05) is 0 Å². The standard InChI is InChI=1S/2C29H35Si.C2H6Si.2ClH.Zr/c2*1-30(2,3)26-9-7-24(8-10-26)27-6-4-5-25-14-23(15-28(25)27)19-29-16-20-11-21(17-29)13-22(12-20)18-29;1-3-2;;;/h2*4-10,14-15,20-22H,11-13,16-19H2,1-3H3;1-2H3;2*1H;/q2*-1;;;;+4/p-2. The molecule has 0 unspecified atom stereocenters. The van der Waals surface area contributed by atoms with Gasteiger partial charge in [-0.15, -0.1) is 69.1 Å². The van der Waals surface area contributed by atoms with Crippen molar-refractivity contribution in [3.63, 3.8) is 0 Å². The van der Waals surface area contributed by atoms with Gasteiger partial charge in [-0.2, -0.15) is 12.1 Å². The van der Waals surface area contributed by atoms with Gasteiger partial charge in [0, 0.05) is 9.52 Å². The van der Waals surface area contributed by atoms with Gasteiger partial charge in [-0.05, 0) is 147 Å². The van der Waals surface area contributed by atoms with Crippen LogP contribution in [-0.2, 0) is 33.7 Å². The van der Waals surface area contributed by atoms with Crippen LogP contribution < -0.4 is 10.4 Å². The maximum atomic E-state index is 4.93. The molecule has 2 radical (unpaired) electrons. The predicted molar refractivity (Wildman–Crippen MR) is 294 cm³/mol. The quantitative estimate of drug-likeness (QED) is 0.105. The van der Waals surface area contributed by atoms with E-state index < -0.39 is 37.0 Å². The molecule has 0 heterocycles. The van der Waals surface area contributed by atoms with Crippen molar-refractivity contribution in [1.82, 2.24) is 0 Å². The molecular formula is C60H76Cl2Si3Zr. The van der Waals surface area contributed by atoms with Gasteiger partial charge in [0.2, 0.25) is 0 Å². The fraction of sp³-hybridized carbons (Fsp3) is 0.500. The van der Waals surface area contributed by atoms with Gasteiger partial charge < -0.3 is 0 Å². The molecule has 8 bridgehead atoms. The second kappa shape index (κ2) is 20.1. The van der Waals surface area contributed by atoms with Gasteiger partial charge in [0.15, 0.2) is 0 Å². The van der Waals surface area contributed by atoms with Crippen LogP contribution >= 0.6 is 17.0 Å². The molecule has 8 aliphatic rings. The number of benzene rings is 4. The van der Waals surface area contributed by atoms with E-state index in [9.17, 15) is 0 Å². The van der Waals surface area contributed by atoms with Crippen LogP contribution in [0.2, 0.25) is 52.4 Å². The van der Waals surface area contributed by atoms with Gasteiger partial charge in [-0.25, -0.2) is 0 Å². The molecule has 0 atom stereocenters. The van der Waals surface area contributed by atoms with E-state index in [-0.39, 0.29) is 0 Å². The zero-order valence-electron chi connectivity index (χ0n) is 41.5. The predicted octanol–water partition coefficient (Wildman–Crippen LogP) is 17.2. The molecule has 0 aliphatic heterocycles. The first-order chi connectivity index (χ1) is 31.6. The van der Waals surface area contributed by atoms with Crippen molar-refractivity contribution in [3.8, 4) is 22.3 Å². The Bertz CT molecular complexity index is 2320. The van der Waals surface area contributed by atoms with Crippen molar-refractivity contribution in [3.05, 3.63) is 120 Å². The second-order valence-corrected chi connectivity index (χ2v) is 39.6. The molecule has 0 amide bonds. The van der Waals surface area contributed by atoms with Crippen LogP contribution in [0.4, 0.5) is 0 Å². The molecule has 0 aromatic heterocycles. The molecule has 0 nitrogen and oxygen atoms in total. The Hall–Kier alpha value is -1.79. The third-order valence-corrected chi connectivity index (χ3v) is 21.4. The molecule has 6 heteroatoms. The van der Waals surface area contributed by atoms with Crippen molar-refractivity contribution in [2.45, 2.75) is 142 Å². The number of fused-ring (bicyclic) bond motifs is 2. The summed E-state index contributed by atoms with van der Waals surface area (Å²) in [7, 11) is 8.46. The van der Waals surface area contributed by atoms with Crippen molar-refractivity contribution in [2.24, 2.45) is 46.3 Å². The zero-order chi connectivity index (χ0) is 46.4. The summed E-state index contributed by atoms with van der Waals surface area (Å²) in [4.78, 5) is 0. The maximum absolute atomic E-state index is 4.93. The zero-order valence-corrected chi connectivity index (χ0v) is 48.5. The van der Waals surface area contributed by atoms with Crippen LogP contribution in [0.5, 0.6) is 0 Å². The van der Waals surface area contributed by atoms with Crippen molar-refractivity contribution in [2.75, 3.05) is 0 Å². The average Bonchev–Trinajstić information content (AvgIpc) is 3.85. The summed E-state index contributed by atoms with van der Waals surface area (Å²) in [5.74, 6) is 6.26. The Balaban J connectivity index is 0.000000149. The van der Waals surface area contributed by atoms with E-state index in [0.717, 1.165) is 45.0 Å². The summed E-state index contributed by atoms with van der Waals surface area (Å²) < 4.78 is 0. The molecule has 14 rings (SSSR count). The Morgan fingerprint density at radius 3 is 1.06 bits per heavy atom. The van der Waals surface area contributed by atoms with Crippen LogP contribution in [-0.4, -0.2) is 25.7 Å². The van der Waals surface area contributed by atoms with Gasteiger partial charge in [0.25, 0.3) is 0 Å². The molecule has 8 aliphatic carbocycles. The van der Waals surface area contributed by atoms with Crippen molar-refractivity contribution >= 4 is 74.6 Å². The summed E-state index contributed by atoms with van der Waals surface area (Å²) in [6.45, 7) is 18.9. The molecule has 0 N–H and O–H groups in total. The third kappa shape index (κ3) is 10.9. The summed E-state index contributed by atoms with van der Waals surface area (Å²) in [5, 5.41) is 8.87. The minimum atomic E-state index is -1.25. The van der Waals surface area contributed by atoms with Gasteiger partial charge in [0.05, 0.1) is 16.1 Å². The summed E-state index contributed by atoms with van der Waals surface area (Å²) in [6, 6.07) is 42.8. The normalized spacial score (nSPS) is 28.0. The van der Waals surface area contributed by atoms with Crippen molar-refractivity contribution < 1.29 is 20.8 Å². The fourth-order valence-electron chi connectivity index (χ4n) is 15.5. The Morgan fingerprint density at radius 2 is 0.788 bits per heavy atom. The average molecular weight is 1040 g/mol. The number of halogens is 2. The van der Waals surface area contributed by atoms with Crippen LogP contribution in [0.1, 0.15) is 88.2 Å². The van der Waals surface area contributed by atoms with Crippen LogP contribution in [0, 0.1) is 46.3 Å². The molecule has 0 spiro atoms. The second-order valence-electron chi connectivity index (χ2n) is 24.8. The van der Waals surface area contributed by atoms with Gasteiger partial charge >= 0.3 is 37.9 Å². The molecule has 8 saturated carbocycles. The fourth-order valence-corrected chi connectivity index (χ4v) is 17.8. The van der Waals surface area contributed by atoms with Crippen LogP contribution in [0.25, 0.3) is 43.8 Å². The van der Waals surface area contributed by atoms with Gasteiger partial charge in [-0.1, -0.05) is 135 Å². The van der Waals surface area contributed by atoms with E-state index in [4.69, 9.17) is 17.0 Å². The molecule has 6 aromatic carbocycles. The van der Waals surface area contributed by atoms with E-state index in [1.165, 1.54) is 95.2 Å². The number of hydrogen-bond donors (Lipinski definition) is 0. The summed E-state index contributed by atoms with van der Waals surface area (Å²) in [5.41, 5.74) is 9.99. The SMILES string of the molecule is C[Si](C)(C)c1ccc(-c2cccc3[cH-]c(CC45CC6CC(CC(C6)C4)C5)cc23)cc1.C[Si](C)(C)c1ccc(-c2cccc3[cH-]c(CC45CC6CC(CC(C6)C4)C5)cc23)cc1.C[Si]C.[Cl][Zr+2][Cl]. The van der Waals surface area contributed by atoms with Crippen molar-refractivity contribution in [1.29, 1.82) is 0 Å². The Labute approximate surface area is 423 Å².